The van der Waals surface area contributed by atoms with Gasteiger partial charge >= 0.3 is 0 Å². The summed E-state index contributed by atoms with van der Waals surface area (Å²) < 4.78 is 13.8. The lowest BCUT2D eigenvalue weighted by Crippen LogP contribution is -2.26. The molecule has 0 atom stereocenters. The Bertz CT molecular complexity index is 1460. The molecule has 0 unspecified atom stereocenters. The summed E-state index contributed by atoms with van der Waals surface area (Å²) in [5.41, 5.74) is 3.51. The molecule has 0 bridgehead atoms. The predicted molar refractivity (Wildman–Crippen MR) is 138 cm³/mol. The highest BCUT2D eigenvalue weighted by atomic mass is 32.1. The maximum Gasteiger partial charge on any atom is 0.257 e. The highest BCUT2D eigenvalue weighted by molar-refractivity contribution is 7.18. The summed E-state index contributed by atoms with van der Waals surface area (Å²) in [5, 5.41) is 5.67. The maximum absolute atomic E-state index is 13.7. The first-order chi connectivity index (χ1) is 17.1. The summed E-state index contributed by atoms with van der Waals surface area (Å²) >= 11 is 1.59. The van der Waals surface area contributed by atoms with Crippen molar-refractivity contribution in [2.75, 3.05) is 21.3 Å². The molecule has 0 aliphatic heterocycles. The SMILES string of the molecule is COc1ccc(-c2nn(-c3ccccc3)cc2C(=O)N(C)Cc2nc3ccccc3s2)c(OC)c1. The molecule has 7 nitrogen and oxygen atoms in total. The second kappa shape index (κ2) is 9.60. The van der Waals surface area contributed by atoms with Gasteiger partial charge in [-0.05, 0) is 36.4 Å². The van der Waals surface area contributed by atoms with E-state index in [2.05, 4.69) is 4.98 Å². The Hall–Kier alpha value is -4.17. The van der Waals surface area contributed by atoms with E-state index in [0.717, 1.165) is 20.9 Å². The normalized spacial score (nSPS) is 10.9. The van der Waals surface area contributed by atoms with Gasteiger partial charge in [-0.15, -0.1) is 11.3 Å². The van der Waals surface area contributed by atoms with Crippen LogP contribution >= 0.6 is 11.3 Å². The molecule has 0 fully saturated rings. The van der Waals surface area contributed by atoms with Crippen molar-refractivity contribution in [3.63, 3.8) is 0 Å². The number of carbonyl (C=O) groups excluding carboxylic acids is 1. The van der Waals surface area contributed by atoms with Gasteiger partial charge in [0.05, 0.1) is 42.2 Å². The van der Waals surface area contributed by atoms with Crippen LogP contribution in [-0.2, 0) is 6.54 Å². The molecule has 0 saturated carbocycles. The predicted octanol–water partition coefficient (Wildman–Crippen LogP) is 5.44. The van der Waals surface area contributed by atoms with E-state index in [1.165, 1.54) is 0 Å². The quantitative estimate of drug-likeness (QED) is 0.308. The highest BCUT2D eigenvalue weighted by Gasteiger charge is 2.24. The second-order valence-electron chi connectivity index (χ2n) is 7.97. The number of rotatable bonds is 7. The van der Waals surface area contributed by atoms with Crippen LogP contribution in [0.15, 0.2) is 79.0 Å². The molecule has 0 saturated heterocycles. The largest absolute Gasteiger partial charge is 0.497 e. The number of fused-ring (bicyclic) bond motifs is 1. The van der Waals surface area contributed by atoms with Gasteiger partial charge in [-0.25, -0.2) is 9.67 Å². The van der Waals surface area contributed by atoms with Gasteiger partial charge in [-0.2, -0.15) is 5.10 Å². The Balaban J connectivity index is 1.55. The third-order valence-corrected chi connectivity index (χ3v) is 6.71. The number of thiazole rings is 1. The fourth-order valence-corrected chi connectivity index (χ4v) is 4.93. The number of benzene rings is 3. The van der Waals surface area contributed by atoms with Crippen molar-refractivity contribution in [2.45, 2.75) is 6.54 Å². The van der Waals surface area contributed by atoms with Crippen molar-refractivity contribution in [3.05, 3.63) is 89.6 Å². The monoisotopic (exact) mass is 484 g/mol. The topological polar surface area (TPSA) is 69.5 Å². The smallest absolute Gasteiger partial charge is 0.257 e. The van der Waals surface area contributed by atoms with Gasteiger partial charge in [0.15, 0.2) is 0 Å². The van der Waals surface area contributed by atoms with E-state index >= 15 is 0 Å². The van der Waals surface area contributed by atoms with Crippen LogP contribution in [0.4, 0.5) is 0 Å². The molecule has 0 radical (unpaired) electrons. The molecular weight excluding hydrogens is 460 g/mol. The van der Waals surface area contributed by atoms with Crippen molar-refractivity contribution in [2.24, 2.45) is 0 Å². The molecule has 2 aromatic heterocycles. The zero-order chi connectivity index (χ0) is 24.4. The average Bonchev–Trinajstić information content (AvgIpc) is 3.52. The number of aromatic nitrogens is 3. The van der Waals surface area contributed by atoms with Crippen LogP contribution in [0.1, 0.15) is 15.4 Å². The molecule has 2 heterocycles. The Labute approximate surface area is 207 Å². The highest BCUT2D eigenvalue weighted by Crippen LogP contribution is 2.35. The molecule has 5 rings (SSSR count). The second-order valence-corrected chi connectivity index (χ2v) is 9.09. The van der Waals surface area contributed by atoms with Gasteiger partial charge in [0.25, 0.3) is 5.91 Å². The number of amides is 1. The van der Waals surface area contributed by atoms with Crippen molar-refractivity contribution >= 4 is 27.5 Å². The van der Waals surface area contributed by atoms with Gasteiger partial charge < -0.3 is 14.4 Å². The number of hydrogen-bond acceptors (Lipinski definition) is 6. The minimum atomic E-state index is -0.153. The first-order valence-electron chi connectivity index (χ1n) is 11.0. The molecule has 0 spiro atoms. The van der Waals surface area contributed by atoms with Crippen LogP contribution in [-0.4, -0.2) is 46.8 Å². The van der Waals surface area contributed by atoms with E-state index < -0.39 is 0 Å². The van der Waals surface area contributed by atoms with Gasteiger partial charge in [0.2, 0.25) is 0 Å². The molecule has 0 N–H and O–H groups in total. The molecule has 0 aliphatic carbocycles. The molecule has 176 valence electrons. The first-order valence-corrected chi connectivity index (χ1v) is 11.9. The van der Waals surface area contributed by atoms with Crippen molar-refractivity contribution in [1.29, 1.82) is 0 Å². The Morgan fingerprint density at radius 2 is 1.77 bits per heavy atom. The van der Waals surface area contributed by atoms with E-state index in [-0.39, 0.29) is 5.91 Å². The molecule has 8 heteroatoms. The summed E-state index contributed by atoms with van der Waals surface area (Å²) in [7, 11) is 4.97. The molecule has 35 heavy (non-hydrogen) atoms. The van der Waals surface area contributed by atoms with Crippen molar-refractivity contribution < 1.29 is 14.3 Å². The van der Waals surface area contributed by atoms with Crippen LogP contribution in [0, 0.1) is 0 Å². The zero-order valence-corrected chi connectivity index (χ0v) is 20.5. The van der Waals surface area contributed by atoms with E-state index in [4.69, 9.17) is 14.6 Å². The number of para-hydroxylation sites is 2. The average molecular weight is 485 g/mol. The summed E-state index contributed by atoms with van der Waals surface area (Å²) in [6, 6.07) is 23.2. The third kappa shape index (κ3) is 4.48. The van der Waals surface area contributed by atoms with E-state index in [0.29, 0.717) is 34.9 Å². The summed E-state index contributed by atoms with van der Waals surface area (Å²) in [4.78, 5) is 20.1. The fourth-order valence-electron chi connectivity index (χ4n) is 3.90. The van der Waals surface area contributed by atoms with Gasteiger partial charge in [0.1, 0.15) is 22.2 Å². The zero-order valence-electron chi connectivity index (χ0n) is 19.6. The van der Waals surface area contributed by atoms with Crippen molar-refractivity contribution in [3.8, 4) is 28.4 Å². The molecule has 1 amide bonds. The van der Waals surface area contributed by atoms with Gasteiger partial charge in [-0.3, -0.25) is 4.79 Å². The van der Waals surface area contributed by atoms with Crippen molar-refractivity contribution in [1.82, 2.24) is 19.7 Å². The summed E-state index contributed by atoms with van der Waals surface area (Å²) in [6.45, 7) is 0.397. The number of carbonyl (C=O) groups is 1. The minimum absolute atomic E-state index is 0.153. The van der Waals surface area contributed by atoms with E-state index in [9.17, 15) is 4.79 Å². The molecular formula is C27H24N4O3S. The lowest BCUT2D eigenvalue weighted by atomic mass is 10.1. The fraction of sp³-hybridized carbons (Fsp3) is 0.148. The lowest BCUT2D eigenvalue weighted by Gasteiger charge is -2.16. The molecule has 3 aromatic carbocycles. The van der Waals surface area contributed by atoms with Crippen LogP contribution in [0.2, 0.25) is 0 Å². The van der Waals surface area contributed by atoms with Gasteiger partial charge in [0, 0.05) is 24.9 Å². The van der Waals surface area contributed by atoms with Crippen LogP contribution in [0.5, 0.6) is 11.5 Å². The Morgan fingerprint density at radius 3 is 2.51 bits per heavy atom. The van der Waals surface area contributed by atoms with Gasteiger partial charge in [-0.1, -0.05) is 30.3 Å². The third-order valence-electron chi connectivity index (χ3n) is 5.69. The minimum Gasteiger partial charge on any atom is -0.497 e. The Morgan fingerprint density at radius 1 is 1.00 bits per heavy atom. The van der Waals surface area contributed by atoms with Crippen LogP contribution in [0.3, 0.4) is 0 Å². The maximum atomic E-state index is 13.7. The Kier molecular flexibility index (Phi) is 6.20. The number of hydrogen-bond donors (Lipinski definition) is 0. The van der Waals surface area contributed by atoms with E-state index in [1.54, 1.807) is 54.4 Å². The summed E-state index contributed by atoms with van der Waals surface area (Å²) in [6.07, 6.45) is 1.77. The first kappa shape index (κ1) is 22.6. The standard InChI is InChI=1S/C27H24N4O3S/c1-30(17-25-28-22-11-7-8-12-24(22)35-25)27(32)21-16-31(18-9-5-4-6-10-18)29-26(21)20-14-13-19(33-2)15-23(20)34-3/h4-16H,17H2,1-3H3. The number of methoxy groups -OCH3 is 2. The molecule has 0 aliphatic rings. The number of nitrogens with zero attached hydrogens (tertiary/aromatic N) is 4. The van der Waals surface area contributed by atoms with E-state index in [1.807, 2.05) is 66.7 Å². The van der Waals surface area contributed by atoms with Crippen LogP contribution < -0.4 is 9.47 Å². The van der Waals surface area contributed by atoms with Crippen LogP contribution in [0.25, 0.3) is 27.2 Å². The molecule has 5 aromatic rings. The summed E-state index contributed by atoms with van der Waals surface area (Å²) in [5.74, 6) is 1.08. The number of ether oxygens (including phenoxy) is 2. The lowest BCUT2D eigenvalue weighted by molar-refractivity contribution is 0.0786.